The number of hydrogen-bond donors (Lipinski definition) is 2. The summed E-state index contributed by atoms with van der Waals surface area (Å²) in [6, 6.07) is 10.9. The molecule has 0 saturated heterocycles. The Bertz CT molecular complexity index is 711. The number of carbonyl (C=O) groups excluding carboxylic acids is 1. The first-order valence-electron chi connectivity index (χ1n) is 8.77. The number of fused-ring (bicyclic) bond motifs is 1. The standard InChI is InChI=1S/C20H27N3OS/c1-20(2,11-15-8-9-25-14-15)22-19(24)21-12-18-10-16-6-4-5-7-17(16)13-23(18)3/h4-9,14,18H,10-13H2,1-3H3,(H2,21,22,24)/t18-/m0/s1. The van der Waals surface area contributed by atoms with Crippen LogP contribution in [0.2, 0.25) is 0 Å². The van der Waals surface area contributed by atoms with Crippen molar-refractivity contribution in [2.24, 2.45) is 0 Å². The van der Waals surface area contributed by atoms with Crippen LogP contribution in [0.3, 0.4) is 0 Å². The van der Waals surface area contributed by atoms with E-state index in [1.807, 2.05) is 0 Å². The lowest BCUT2D eigenvalue weighted by atomic mass is 9.94. The second kappa shape index (κ2) is 7.58. The van der Waals surface area contributed by atoms with Gasteiger partial charge in [-0.2, -0.15) is 11.3 Å². The third-order valence-corrected chi connectivity index (χ3v) is 5.53. The second-order valence-corrected chi connectivity index (χ2v) is 8.35. The molecule has 0 spiro atoms. The topological polar surface area (TPSA) is 44.4 Å². The molecule has 134 valence electrons. The van der Waals surface area contributed by atoms with Crippen LogP contribution < -0.4 is 10.6 Å². The number of nitrogens with zero attached hydrogens (tertiary/aromatic N) is 1. The molecule has 3 rings (SSSR count). The van der Waals surface area contributed by atoms with Gasteiger partial charge in [-0.3, -0.25) is 4.90 Å². The minimum atomic E-state index is -0.268. The van der Waals surface area contributed by atoms with E-state index in [-0.39, 0.29) is 11.6 Å². The highest BCUT2D eigenvalue weighted by Crippen LogP contribution is 2.21. The minimum absolute atomic E-state index is 0.0903. The molecule has 25 heavy (non-hydrogen) atoms. The summed E-state index contributed by atoms with van der Waals surface area (Å²) < 4.78 is 0. The summed E-state index contributed by atoms with van der Waals surface area (Å²) in [6.45, 7) is 5.72. The van der Waals surface area contributed by atoms with Crippen molar-refractivity contribution >= 4 is 17.4 Å². The Balaban J connectivity index is 1.50. The summed E-state index contributed by atoms with van der Waals surface area (Å²) in [4.78, 5) is 14.7. The van der Waals surface area contributed by atoms with E-state index in [1.165, 1.54) is 16.7 Å². The van der Waals surface area contributed by atoms with Gasteiger partial charge in [0.15, 0.2) is 0 Å². The lowest BCUT2D eigenvalue weighted by Crippen LogP contribution is -2.53. The smallest absolute Gasteiger partial charge is 0.315 e. The van der Waals surface area contributed by atoms with Crippen LogP contribution in [0.5, 0.6) is 0 Å². The number of urea groups is 1. The maximum absolute atomic E-state index is 12.3. The van der Waals surface area contributed by atoms with Gasteiger partial charge in [0.05, 0.1) is 0 Å². The van der Waals surface area contributed by atoms with Crippen molar-refractivity contribution < 1.29 is 4.79 Å². The predicted octanol–water partition coefficient (Wildman–Crippen LogP) is 3.43. The first-order valence-corrected chi connectivity index (χ1v) is 9.71. The van der Waals surface area contributed by atoms with Gasteiger partial charge in [-0.15, -0.1) is 0 Å². The quantitative estimate of drug-likeness (QED) is 0.861. The van der Waals surface area contributed by atoms with E-state index in [1.54, 1.807) is 11.3 Å². The first kappa shape index (κ1) is 18.0. The fourth-order valence-electron chi connectivity index (χ4n) is 3.46. The Hall–Kier alpha value is -1.85. The molecule has 0 fully saturated rings. The maximum Gasteiger partial charge on any atom is 0.315 e. The molecule has 0 saturated carbocycles. The fraction of sp³-hybridized carbons (Fsp3) is 0.450. The van der Waals surface area contributed by atoms with E-state index >= 15 is 0 Å². The van der Waals surface area contributed by atoms with Crippen LogP contribution in [-0.4, -0.2) is 36.1 Å². The highest BCUT2D eigenvalue weighted by molar-refractivity contribution is 7.07. The number of carbonyl (C=O) groups is 1. The van der Waals surface area contributed by atoms with Gasteiger partial charge in [-0.25, -0.2) is 4.79 Å². The molecule has 0 unspecified atom stereocenters. The van der Waals surface area contributed by atoms with Gasteiger partial charge in [-0.1, -0.05) is 24.3 Å². The Kier molecular flexibility index (Phi) is 5.45. The molecule has 5 heteroatoms. The van der Waals surface area contributed by atoms with Crippen molar-refractivity contribution in [3.63, 3.8) is 0 Å². The molecule has 4 nitrogen and oxygen atoms in total. The lowest BCUT2D eigenvalue weighted by molar-refractivity contribution is 0.200. The Morgan fingerprint density at radius 1 is 1.28 bits per heavy atom. The Morgan fingerprint density at radius 3 is 2.76 bits per heavy atom. The van der Waals surface area contributed by atoms with Crippen LogP contribution >= 0.6 is 11.3 Å². The van der Waals surface area contributed by atoms with E-state index in [9.17, 15) is 4.79 Å². The molecular formula is C20H27N3OS. The van der Waals surface area contributed by atoms with Gasteiger partial charge in [0.2, 0.25) is 0 Å². The van der Waals surface area contributed by atoms with Crippen molar-refractivity contribution in [3.8, 4) is 0 Å². The number of rotatable bonds is 5. The minimum Gasteiger partial charge on any atom is -0.337 e. The average molecular weight is 358 g/mol. The van der Waals surface area contributed by atoms with E-state index in [0.29, 0.717) is 12.6 Å². The number of nitrogens with one attached hydrogen (secondary N) is 2. The van der Waals surface area contributed by atoms with Gasteiger partial charge in [-0.05, 0) is 67.3 Å². The molecule has 2 aromatic rings. The third kappa shape index (κ3) is 4.83. The highest BCUT2D eigenvalue weighted by Gasteiger charge is 2.25. The first-order chi connectivity index (χ1) is 11.9. The summed E-state index contributed by atoms with van der Waals surface area (Å²) in [5.74, 6) is 0. The predicted molar refractivity (Wildman–Crippen MR) is 104 cm³/mol. The van der Waals surface area contributed by atoms with Crippen molar-refractivity contribution in [1.29, 1.82) is 0 Å². The molecule has 2 N–H and O–H groups in total. The number of likely N-dealkylation sites (N-methyl/N-ethyl adjacent to an activating group) is 1. The Labute approximate surface area is 154 Å². The van der Waals surface area contributed by atoms with Gasteiger partial charge < -0.3 is 10.6 Å². The highest BCUT2D eigenvalue weighted by atomic mass is 32.1. The van der Waals surface area contributed by atoms with E-state index < -0.39 is 0 Å². The Morgan fingerprint density at radius 2 is 2.04 bits per heavy atom. The zero-order valence-corrected chi connectivity index (χ0v) is 16.0. The molecule has 1 aromatic carbocycles. The normalized spacial score (nSPS) is 17.8. The van der Waals surface area contributed by atoms with Gasteiger partial charge in [0.25, 0.3) is 0 Å². The molecule has 1 aliphatic heterocycles. The third-order valence-electron chi connectivity index (χ3n) is 4.79. The average Bonchev–Trinajstić information content (AvgIpc) is 3.04. The van der Waals surface area contributed by atoms with E-state index in [2.05, 4.69) is 77.5 Å². The zero-order chi connectivity index (χ0) is 17.9. The van der Waals surface area contributed by atoms with E-state index in [0.717, 1.165) is 19.4 Å². The SMILES string of the molecule is CN1Cc2ccccc2C[C@H]1CNC(=O)NC(C)(C)Cc1ccsc1. The van der Waals surface area contributed by atoms with Gasteiger partial charge in [0.1, 0.15) is 0 Å². The van der Waals surface area contributed by atoms with Crippen LogP contribution in [0.15, 0.2) is 41.1 Å². The monoisotopic (exact) mass is 357 g/mol. The summed E-state index contributed by atoms with van der Waals surface area (Å²) in [7, 11) is 2.13. The van der Waals surface area contributed by atoms with Crippen LogP contribution in [0.25, 0.3) is 0 Å². The summed E-state index contributed by atoms with van der Waals surface area (Å²) in [6.07, 6.45) is 1.81. The molecule has 0 aliphatic carbocycles. The van der Waals surface area contributed by atoms with Crippen LogP contribution in [0.1, 0.15) is 30.5 Å². The van der Waals surface area contributed by atoms with Gasteiger partial charge >= 0.3 is 6.03 Å². The summed E-state index contributed by atoms with van der Waals surface area (Å²) in [5, 5.41) is 10.4. The van der Waals surface area contributed by atoms with Crippen molar-refractivity contribution in [1.82, 2.24) is 15.5 Å². The van der Waals surface area contributed by atoms with Crippen molar-refractivity contribution in [2.75, 3.05) is 13.6 Å². The number of hydrogen-bond acceptors (Lipinski definition) is 3. The molecule has 0 bridgehead atoms. The molecule has 1 aromatic heterocycles. The maximum atomic E-state index is 12.3. The molecular weight excluding hydrogens is 330 g/mol. The molecule has 0 radical (unpaired) electrons. The lowest BCUT2D eigenvalue weighted by Gasteiger charge is -2.34. The number of benzene rings is 1. The van der Waals surface area contributed by atoms with Crippen LogP contribution in [0.4, 0.5) is 4.79 Å². The zero-order valence-electron chi connectivity index (χ0n) is 15.2. The molecule has 2 heterocycles. The number of amides is 2. The molecule has 2 amide bonds. The fourth-order valence-corrected chi connectivity index (χ4v) is 4.12. The second-order valence-electron chi connectivity index (χ2n) is 7.57. The van der Waals surface area contributed by atoms with Crippen LogP contribution in [-0.2, 0) is 19.4 Å². The van der Waals surface area contributed by atoms with Crippen LogP contribution in [0, 0.1) is 0 Å². The molecule has 1 aliphatic rings. The van der Waals surface area contributed by atoms with Crippen molar-refractivity contribution in [3.05, 3.63) is 57.8 Å². The number of thiophene rings is 1. The van der Waals surface area contributed by atoms with E-state index in [4.69, 9.17) is 0 Å². The van der Waals surface area contributed by atoms with Crippen molar-refractivity contribution in [2.45, 2.75) is 44.8 Å². The summed E-state index contributed by atoms with van der Waals surface area (Å²) in [5.41, 5.74) is 3.78. The van der Waals surface area contributed by atoms with Gasteiger partial charge in [0, 0.05) is 24.7 Å². The summed E-state index contributed by atoms with van der Waals surface area (Å²) >= 11 is 1.69. The largest absolute Gasteiger partial charge is 0.337 e. The molecule has 1 atom stereocenters.